The number of allylic oxidation sites excluding steroid dienone is 1. The summed E-state index contributed by atoms with van der Waals surface area (Å²) in [5.41, 5.74) is 1.98. The minimum Gasteiger partial charge on any atom is -0.351 e. The molecule has 0 atom stereocenters. The molecule has 1 heterocycles. The van der Waals surface area contributed by atoms with E-state index in [9.17, 15) is 4.79 Å². The zero-order valence-electron chi connectivity index (χ0n) is 14.6. The summed E-state index contributed by atoms with van der Waals surface area (Å²) in [6.07, 6.45) is 1.78. The van der Waals surface area contributed by atoms with E-state index < -0.39 is 0 Å². The Bertz CT molecular complexity index is 909. The number of benzene rings is 2. The normalized spacial score (nSPS) is 10.6. The molecule has 27 heavy (non-hydrogen) atoms. The van der Waals surface area contributed by atoms with Gasteiger partial charge in [0, 0.05) is 23.7 Å². The van der Waals surface area contributed by atoms with Crippen LogP contribution >= 0.6 is 23.4 Å². The van der Waals surface area contributed by atoms with Crippen LogP contribution in [0.1, 0.15) is 5.56 Å². The molecule has 0 saturated carbocycles. The van der Waals surface area contributed by atoms with Crippen molar-refractivity contribution in [2.45, 2.75) is 18.2 Å². The molecule has 7 heteroatoms. The minimum absolute atomic E-state index is 0.0509. The van der Waals surface area contributed by atoms with Crippen LogP contribution in [0.15, 0.2) is 72.4 Å². The van der Waals surface area contributed by atoms with Crippen molar-refractivity contribution in [3.05, 3.63) is 77.8 Å². The number of thioether (sulfide) groups is 1. The van der Waals surface area contributed by atoms with Crippen molar-refractivity contribution >= 4 is 29.3 Å². The summed E-state index contributed by atoms with van der Waals surface area (Å²) in [6, 6.07) is 17.2. The number of aromatic nitrogens is 3. The van der Waals surface area contributed by atoms with E-state index >= 15 is 0 Å². The molecule has 1 amide bonds. The van der Waals surface area contributed by atoms with Crippen LogP contribution in [0.3, 0.4) is 0 Å². The molecule has 1 aromatic heterocycles. The van der Waals surface area contributed by atoms with E-state index in [-0.39, 0.29) is 11.7 Å². The molecular weight excluding hydrogens is 380 g/mol. The van der Waals surface area contributed by atoms with Crippen molar-refractivity contribution in [1.29, 1.82) is 0 Å². The zero-order valence-corrected chi connectivity index (χ0v) is 16.2. The van der Waals surface area contributed by atoms with Crippen molar-refractivity contribution in [2.24, 2.45) is 0 Å². The maximum absolute atomic E-state index is 12.1. The third-order valence-electron chi connectivity index (χ3n) is 3.80. The number of nitrogens with zero attached hydrogens (tertiary/aromatic N) is 3. The van der Waals surface area contributed by atoms with Crippen LogP contribution in [0.25, 0.3) is 11.4 Å². The van der Waals surface area contributed by atoms with Gasteiger partial charge < -0.3 is 5.32 Å². The molecule has 5 nitrogen and oxygen atoms in total. The largest absolute Gasteiger partial charge is 0.351 e. The highest BCUT2D eigenvalue weighted by Crippen LogP contribution is 2.25. The first-order valence-corrected chi connectivity index (χ1v) is 9.77. The SMILES string of the molecule is C=CCn1c(SCC(=O)NCc2ccccc2)nnc1-c1ccc(Cl)cc1. The smallest absolute Gasteiger partial charge is 0.230 e. The van der Waals surface area contributed by atoms with Gasteiger partial charge in [-0.2, -0.15) is 0 Å². The standard InChI is InChI=1S/C20H19ClN4OS/c1-2-12-25-19(16-8-10-17(21)11-9-16)23-24-20(25)27-14-18(26)22-13-15-6-4-3-5-7-15/h2-11H,1,12-14H2,(H,22,26). The highest BCUT2D eigenvalue weighted by atomic mass is 35.5. The maximum atomic E-state index is 12.1. The fraction of sp³-hybridized carbons (Fsp3) is 0.150. The number of carbonyl (C=O) groups is 1. The van der Waals surface area contributed by atoms with Gasteiger partial charge in [-0.1, -0.05) is 59.8 Å². The van der Waals surface area contributed by atoms with E-state index in [4.69, 9.17) is 11.6 Å². The van der Waals surface area contributed by atoms with Gasteiger partial charge in [0.05, 0.1) is 5.75 Å². The highest BCUT2D eigenvalue weighted by Gasteiger charge is 2.15. The summed E-state index contributed by atoms with van der Waals surface area (Å²) in [5, 5.41) is 12.8. The summed E-state index contributed by atoms with van der Waals surface area (Å²) in [7, 11) is 0. The van der Waals surface area contributed by atoms with Crippen molar-refractivity contribution in [3.63, 3.8) is 0 Å². The quantitative estimate of drug-likeness (QED) is 0.456. The predicted octanol–water partition coefficient (Wildman–Crippen LogP) is 4.19. The Balaban J connectivity index is 1.65. The van der Waals surface area contributed by atoms with Crippen LogP contribution in [-0.2, 0) is 17.9 Å². The minimum atomic E-state index is -0.0509. The first-order valence-electron chi connectivity index (χ1n) is 8.41. The molecule has 0 fully saturated rings. The number of hydrogen-bond acceptors (Lipinski definition) is 4. The lowest BCUT2D eigenvalue weighted by molar-refractivity contribution is -0.118. The number of carbonyl (C=O) groups excluding carboxylic acids is 1. The number of rotatable bonds is 8. The first kappa shape index (κ1) is 19.2. The lowest BCUT2D eigenvalue weighted by atomic mass is 10.2. The Morgan fingerprint density at radius 1 is 1.15 bits per heavy atom. The number of amides is 1. The van der Waals surface area contributed by atoms with Gasteiger partial charge in [0.1, 0.15) is 0 Å². The number of hydrogen-bond donors (Lipinski definition) is 1. The van der Waals surface area contributed by atoms with Crippen LogP contribution in [0.2, 0.25) is 5.02 Å². The van der Waals surface area contributed by atoms with Gasteiger partial charge in [-0.25, -0.2) is 0 Å². The van der Waals surface area contributed by atoms with Gasteiger partial charge in [-0.05, 0) is 29.8 Å². The van der Waals surface area contributed by atoms with E-state index in [0.29, 0.717) is 23.3 Å². The Kier molecular flexibility index (Phi) is 6.68. The van der Waals surface area contributed by atoms with Crippen LogP contribution in [-0.4, -0.2) is 26.4 Å². The number of nitrogens with one attached hydrogen (secondary N) is 1. The molecule has 3 rings (SSSR count). The molecule has 2 aromatic carbocycles. The summed E-state index contributed by atoms with van der Waals surface area (Å²) in [5.74, 6) is 0.937. The van der Waals surface area contributed by atoms with E-state index in [1.165, 1.54) is 11.8 Å². The molecule has 0 saturated heterocycles. The van der Waals surface area contributed by atoms with Gasteiger partial charge >= 0.3 is 0 Å². The van der Waals surface area contributed by atoms with Crippen LogP contribution in [0.4, 0.5) is 0 Å². The molecule has 1 N–H and O–H groups in total. The van der Waals surface area contributed by atoms with E-state index in [2.05, 4.69) is 22.1 Å². The molecule has 0 aliphatic rings. The summed E-state index contributed by atoms with van der Waals surface area (Å²) >= 11 is 7.31. The van der Waals surface area contributed by atoms with E-state index in [1.54, 1.807) is 6.08 Å². The monoisotopic (exact) mass is 398 g/mol. The lowest BCUT2D eigenvalue weighted by Crippen LogP contribution is -2.24. The van der Waals surface area contributed by atoms with Gasteiger partial charge in [-0.3, -0.25) is 9.36 Å². The lowest BCUT2D eigenvalue weighted by Gasteiger charge is -2.08. The Morgan fingerprint density at radius 3 is 2.59 bits per heavy atom. The molecule has 0 radical (unpaired) electrons. The average molecular weight is 399 g/mol. The highest BCUT2D eigenvalue weighted by molar-refractivity contribution is 7.99. The molecular formula is C20H19ClN4OS. The molecule has 138 valence electrons. The molecule has 0 aliphatic carbocycles. The molecule has 0 bridgehead atoms. The van der Waals surface area contributed by atoms with Crippen LogP contribution in [0, 0.1) is 0 Å². The van der Waals surface area contributed by atoms with E-state index in [1.807, 2.05) is 59.2 Å². The molecule has 0 unspecified atom stereocenters. The van der Waals surface area contributed by atoms with Gasteiger partial charge in [0.2, 0.25) is 5.91 Å². The fourth-order valence-electron chi connectivity index (χ4n) is 2.48. The summed E-state index contributed by atoms with van der Waals surface area (Å²) in [4.78, 5) is 12.1. The average Bonchev–Trinajstić information content (AvgIpc) is 3.09. The van der Waals surface area contributed by atoms with Crippen LogP contribution < -0.4 is 5.32 Å². The topological polar surface area (TPSA) is 59.8 Å². The first-order chi connectivity index (χ1) is 13.2. The Morgan fingerprint density at radius 2 is 1.89 bits per heavy atom. The second kappa shape index (κ2) is 9.39. The zero-order chi connectivity index (χ0) is 19.1. The van der Waals surface area contributed by atoms with Gasteiger partial charge in [-0.15, -0.1) is 16.8 Å². The maximum Gasteiger partial charge on any atom is 0.230 e. The predicted molar refractivity (Wildman–Crippen MR) is 110 cm³/mol. The number of halogens is 1. The van der Waals surface area contributed by atoms with Crippen molar-refractivity contribution in [1.82, 2.24) is 20.1 Å². The van der Waals surface area contributed by atoms with Crippen molar-refractivity contribution in [2.75, 3.05) is 5.75 Å². The molecule has 0 spiro atoms. The molecule has 0 aliphatic heterocycles. The van der Waals surface area contributed by atoms with Crippen LogP contribution in [0.5, 0.6) is 0 Å². The second-order valence-electron chi connectivity index (χ2n) is 5.76. The van der Waals surface area contributed by atoms with Gasteiger partial charge in [0.25, 0.3) is 0 Å². The van der Waals surface area contributed by atoms with Crippen molar-refractivity contribution in [3.8, 4) is 11.4 Å². The third kappa shape index (κ3) is 5.21. The molecule has 3 aromatic rings. The Labute approximate surface area is 167 Å². The van der Waals surface area contributed by atoms with E-state index in [0.717, 1.165) is 17.0 Å². The third-order valence-corrected chi connectivity index (χ3v) is 5.01. The summed E-state index contributed by atoms with van der Waals surface area (Å²) < 4.78 is 1.94. The fourth-order valence-corrected chi connectivity index (χ4v) is 3.38. The Hall–Kier alpha value is -2.57. The van der Waals surface area contributed by atoms with Gasteiger partial charge in [0.15, 0.2) is 11.0 Å². The second-order valence-corrected chi connectivity index (χ2v) is 7.14. The van der Waals surface area contributed by atoms with Crippen molar-refractivity contribution < 1.29 is 4.79 Å². The summed E-state index contributed by atoms with van der Waals surface area (Å²) in [6.45, 7) is 4.86.